The van der Waals surface area contributed by atoms with Crippen molar-refractivity contribution in [2.75, 3.05) is 19.0 Å². The van der Waals surface area contributed by atoms with Gasteiger partial charge in [-0.3, -0.25) is 4.79 Å². The Kier molecular flexibility index (Phi) is 5.13. The number of nitrogens with one attached hydrogen (secondary N) is 1. The van der Waals surface area contributed by atoms with Crippen LogP contribution < -0.4 is 14.8 Å². The number of rotatable bonds is 9. The Morgan fingerprint density at radius 2 is 2.00 bits per heavy atom. The molecule has 2 aromatic heterocycles. The number of aromatic nitrogens is 2. The number of carbonyl (C=O) groups is 1. The molecule has 0 saturated heterocycles. The van der Waals surface area contributed by atoms with Crippen LogP contribution in [0, 0.1) is 6.92 Å². The minimum atomic E-state index is 0.00340. The molecule has 0 bridgehead atoms. The molecule has 1 fully saturated rings. The van der Waals surface area contributed by atoms with E-state index in [0.717, 1.165) is 12.8 Å². The molecule has 152 valence electrons. The summed E-state index contributed by atoms with van der Waals surface area (Å²) in [5.74, 6) is 2.59. The molecular weight excluding hydrogens is 370 g/mol. The Labute approximate surface area is 169 Å². The van der Waals surface area contributed by atoms with Gasteiger partial charge >= 0.3 is 0 Å². The smallest absolute Gasteiger partial charge is 0.232 e. The molecule has 1 aliphatic carbocycles. The zero-order chi connectivity index (χ0) is 20.4. The number of carbonyl (C=O) groups excluding carboxylic acids is 1. The summed E-state index contributed by atoms with van der Waals surface area (Å²) < 4.78 is 16.8. The van der Waals surface area contributed by atoms with Gasteiger partial charge in [-0.2, -0.15) is 0 Å². The predicted molar refractivity (Wildman–Crippen MR) is 110 cm³/mol. The quantitative estimate of drug-likeness (QED) is 0.420. The fourth-order valence-corrected chi connectivity index (χ4v) is 3.35. The largest absolute Gasteiger partial charge is 0.493 e. The second-order valence-electron chi connectivity index (χ2n) is 7.65. The highest BCUT2D eigenvalue weighted by Crippen LogP contribution is 2.40. The van der Waals surface area contributed by atoms with E-state index in [0.29, 0.717) is 59.2 Å². The number of benzene rings is 1. The molecule has 0 aliphatic heterocycles. The molecule has 0 amide bonds. The number of hydrogen-bond acceptors (Lipinski definition) is 7. The maximum Gasteiger partial charge on any atom is 0.232 e. The fourth-order valence-electron chi connectivity index (χ4n) is 3.35. The maximum atomic E-state index is 13.0. The third-order valence-electron chi connectivity index (χ3n) is 5.24. The zero-order valence-corrected chi connectivity index (χ0v) is 16.9. The summed E-state index contributed by atoms with van der Waals surface area (Å²) in [6.45, 7) is 4.36. The summed E-state index contributed by atoms with van der Waals surface area (Å²) >= 11 is 0. The van der Waals surface area contributed by atoms with Crippen molar-refractivity contribution < 1.29 is 18.7 Å². The van der Waals surface area contributed by atoms with E-state index in [4.69, 9.17) is 13.9 Å². The Morgan fingerprint density at radius 1 is 1.24 bits per heavy atom. The summed E-state index contributed by atoms with van der Waals surface area (Å²) in [7, 11) is 1.61. The molecule has 29 heavy (non-hydrogen) atoms. The van der Waals surface area contributed by atoms with Crippen LogP contribution in [0.1, 0.15) is 48.7 Å². The lowest BCUT2D eigenvalue weighted by Gasteiger charge is -2.13. The van der Waals surface area contributed by atoms with Crippen molar-refractivity contribution in [3.8, 4) is 11.5 Å². The molecule has 0 unspecified atom stereocenters. The van der Waals surface area contributed by atoms with Gasteiger partial charge in [-0.05, 0) is 45.2 Å². The average Bonchev–Trinajstić information content (AvgIpc) is 3.33. The zero-order valence-electron chi connectivity index (χ0n) is 16.9. The summed E-state index contributed by atoms with van der Waals surface area (Å²) in [6.07, 6.45) is 4.56. The van der Waals surface area contributed by atoms with Gasteiger partial charge in [0, 0.05) is 12.0 Å². The first-order valence-corrected chi connectivity index (χ1v) is 9.82. The summed E-state index contributed by atoms with van der Waals surface area (Å²) in [6, 6.07) is 7.47. The van der Waals surface area contributed by atoms with Crippen molar-refractivity contribution in [2.45, 2.75) is 45.1 Å². The number of furan rings is 1. The van der Waals surface area contributed by atoms with Crippen molar-refractivity contribution in [1.82, 2.24) is 9.97 Å². The van der Waals surface area contributed by atoms with E-state index >= 15 is 0 Å². The van der Waals surface area contributed by atoms with Gasteiger partial charge in [-0.15, -0.1) is 0 Å². The van der Waals surface area contributed by atoms with E-state index in [1.807, 2.05) is 24.3 Å². The van der Waals surface area contributed by atoms with Crippen molar-refractivity contribution in [2.24, 2.45) is 0 Å². The van der Waals surface area contributed by atoms with Gasteiger partial charge in [-0.1, -0.05) is 12.1 Å². The topological polar surface area (TPSA) is 86.5 Å². The monoisotopic (exact) mass is 395 g/mol. The number of ether oxygens (including phenoxy) is 2. The molecule has 1 saturated carbocycles. The Morgan fingerprint density at radius 3 is 2.72 bits per heavy atom. The molecule has 2 heterocycles. The maximum absolute atomic E-state index is 13.0. The summed E-state index contributed by atoms with van der Waals surface area (Å²) in [4.78, 5) is 21.6. The molecule has 4 rings (SSSR count). The van der Waals surface area contributed by atoms with E-state index in [2.05, 4.69) is 22.2 Å². The number of nitrogens with zero attached hydrogens (tertiary/aromatic N) is 2. The van der Waals surface area contributed by atoms with Crippen molar-refractivity contribution >= 4 is 22.7 Å². The molecule has 3 aromatic rings. The van der Waals surface area contributed by atoms with Crippen molar-refractivity contribution in [3.63, 3.8) is 0 Å². The van der Waals surface area contributed by atoms with E-state index in [-0.39, 0.29) is 11.3 Å². The third kappa shape index (κ3) is 4.04. The van der Waals surface area contributed by atoms with Gasteiger partial charge in [0.2, 0.25) is 5.71 Å². The molecule has 7 nitrogen and oxygen atoms in total. The third-order valence-corrected chi connectivity index (χ3v) is 5.24. The number of anilines is 1. The van der Waals surface area contributed by atoms with Gasteiger partial charge in [0.1, 0.15) is 17.9 Å². The highest BCUT2D eigenvalue weighted by Gasteiger charge is 2.38. The molecule has 0 radical (unpaired) electrons. The molecule has 0 spiro atoms. The van der Waals surface area contributed by atoms with Crippen LogP contribution in [0.2, 0.25) is 0 Å². The summed E-state index contributed by atoms with van der Waals surface area (Å²) in [5.41, 5.74) is 1.04. The number of aryl methyl sites for hydroxylation is 1. The number of ketones is 1. The van der Waals surface area contributed by atoms with Crippen molar-refractivity contribution in [3.05, 3.63) is 41.9 Å². The van der Waals surface area contributed by atoms with E-state index in [1.54, 1.807) is 14.0 Å². The Hall–Kier alpha value is -3.09. The van der Waals surface area contributed by atoms with Crippen LogP contribution in [-0.2, 0) is 0 Å². The molecule has 0 atom stereocenters. The number of Topliss-reactive ketones (excluding diaryl/α,β-unsaturated/α-hetero) is 1. The second-order valence-corrected chi connectivity index (χ2v) is 7.65. The van der Waals surface area contributed by atoms with Crippen LogP contribution in [0.4, 0.5) is 5.82 Å². The van der Waals surface area contributed by atoms with Crippen LogP contribution >= 0.6 is 0 Å². The number of para-hydroxylation sites is 2. The number of methoxy groups -OCH3 is 1. The van der Waals surface area contributed by atoms with Crippen LogP contribution in [0.25, 0.3) is 11.1 Å². The molecule has 1 aliphatic rings. The van der Waals surface area contributed by atoms with Crippen LogP contribution in [0.5, 0.6) is 11.5 Å². The first-order valence-electron chi connectivity index (χ1n) is 9.82. The SMILES string of the molecule is COc1ccccc1OCCCC(=O)c1c(C)oc2ncnc(NC3(C)CC3)c12. The van der Waals surface area contributed by atoms with Gasteiger partial charge in [0.25, 0.3) is 0 Å². The predicted octanol–water partition coefficient (Wildman–Crippen LogP) is 4.55. The Bertz CT molecular complexity index is 1040. The minimum Gasteiger partial charge on any atom is -0.493 e. The normalized spacial score (nSPS) is 14.6. The minimum absolute atomic E-state index is 0.00340. The second kappa shape index (κ2) is 7.73. The first kappa shape index (κ1) is 19.2. The van der Waals surface area contributed by atoms with Gasteiger partial charge in [0.15, 0.2) is 17.3 Å². The molecule has 7 heteroatoms. The molecule has 1 N–H and O–H groups in total. The highest BCUT2D eigenvalue weighted by molar-refractivity contribution is 6.11. The van der Waals surface area contributed by atoms with Crippen LogP contribution in [0.15, 0.2) is 35.0 Å². The Balaban J connectivity index is 1.46. The van der Waals surface area contributed by atoms with Crippen LogP contribution in [-0.4, -0.2) is 35.0 Å². The fraction of sp³-hybridized carbons (Fsp3) is 0.409. The molecular formula is C22H25N3O4. The van der Waals surface area contributed by atoms with E-state index in [9.17, 15) is 4.79 Å². The number of fused-ring (bicyclic) bond motifs is 1. The van der Waals surface area contributed by atoms with Gasteiger partial charge in [-0.25, -0.2) is 9.97 Å². The standard InChI is InChI=1S/C22H25N3O4/c1-14-18(15(26)7-6-12-28-17-9-5-4-8-16(17)27-3)19-20(25-22(2)10-11-22)23-13-24-21(19)29-14/h4-5,8-9,13H,6-7,10-12H2,1-3H3,(H,23,24,25). The van der Waals surface area contributed by atoms with Gasteiger partial charge in [0.05, 0.1) is 24.7 Å². The lowest BCUT2D eigenvalue weighted by Crippen LogP contribution is -2.17. The van der Waals surface area contributed by atoms with E-state index in [1.165, 1.54) is 6.33 Å². The average molecular weight is 395 g/mol. The van der Waals surface area contributed by atoms with Crippen molar-refractivity contribution in [1.29, 1.82) is 0 Å². The summed E-state index contributed by atoms with van der Waals surface area (Å²) in [5, 5.41) is 4.12. The molecule has 1 aromatic carbocycles. The highest BCUT2D eigenvalue weighted by atomic mass is 16.5. The first-order chi connectivity index (χ1) is 14.0. The van der Waals surface area contributed by atoms with Gasteiger partial charge < -0.3 is 19.2 Å². The number of hydrogen-bond donors (Lipinski definition) is 1. The lowest BCUT2D eigenvalue weighted by molar-refractivity contribution is 0.0973. The van der Waals surface area contributed by atoms with E-state index < -0.39 is 0 Å². The van der Waals surface area contributed by atoms with Crippen LogP contribution in [0.3, 0.4) is 0 Å². The lowest BCUT2D eigenvalue weighted by atomic mass is 10.0.